The maximum atomic E-state index is 15.3. The van der Waals surface area contributed by atoms with Crippen LogP contribution >= 0.6 is 0 Å². The lowest BCUT2D eigenvalue weighted by Gasteiger charge is -2.20. The molecule has 1 saturated carbocycles. The van der Waals surface area contributed by atoms with Crippen molar-refractivity contribution in [2.45, 2.75) is 117 Å². The molecule has 0 heterocycles. The van der Waals surface area contributed by atoms with Crippen LogP contribution in [0.3, 0.4) is 0 Å². The molecule has 1 aliphatic rings. The Balaban J connectivity index is 1.52. The Morgan fingerprint density at radius 3 is 0.621 bits per heavy atom. The number of allylic oxidation sites excluding steroid dienone is 3. The average molecular weight is 1160 g/mol. The van der Waals surface area contributed by atoms with E-state index in [0.717, 1.165) is 35.3 Å². The molecule has 0 saturated heterocycles. The molecule has 0 radical (unpaired) electrons. The molecule has 6 aromatic carbocycles. The fraction of sp³-hybridized carbons (Fsp3) is 0.240. The van der Waals surface area contributed by atoms with E-state index in [1.54, 1.807) is 36.4 Å². The van der Waals surface area contributed by atoms with Gasteiger partial charge < -0.3 is 46.6 Å². The number of Topliss-reactive ketones (excluding diaryl/α,β-unsaturated/α-hetero) is 3. The van der Waals surface area contributed by atoms with Crippen molar-refractivity contribution < 1.29 is 45.0 Å². The van der Waals surface area contributed by atoms with Gasteiger partial charge in [-0.25, -0.2) is 0 Å². The van der Waals surface area contributed by atoms with Crippen molar-refractivity contribution in [3.05, 3.63) is 196 Å². The summed E-state index contributed by atoms with van der Waals surface area (Å²) in [6.45, 7) is 18.1. The second-order valence-electron chi connectivity index (χ2n) is 23.9. The summed E-state index contributed by atoms with van der Waals surface area (Å²) in [5, 5.41) is 74.6. The van der Waals surface area contributed by atoms with Gasteiger partial charge >= 0.3 is 0 Å². The first-order valence-electron chi connectivity index (χ1n) is 27.9. The second kappa shape index (κ2) is 26.1. The molecule has 9 N–H and O–H groups in total. The number of aliphatic hydroxyl groups is 6. The zero-order valence-corrected chi connectivity index (χ0v) is 50.8. The number of ketones is 3. The summed E-state index contributed by atoms with van der Waals surface area (Å²) < 4.78 is 0. The summed E-state index contributed by atoms with van der Waals surface area (Å²) in [4.78, 5) is 45.8. The molecule has 1 aliphatic carbocycles. The van der Waals surface area contributed by atoms with Gasteiger partial charge in [-0.1, -0.05) is 162 Å². The second-order valence-corrected chi connectivity index (χ2v) is 23.9. The minimum absolute atomic E-state index is 0.188. The highest BCUT2D eigenvalue weighted by atomic mass is 16.3. The number of carbonyl (C=O) groups is 3. The number of rotatable bonds is 9. The van der Waals surface area contributed by atoms with Crippen LogP contribution in [0.15, 0.2) is 163 Å². The van der Waals surface area contributed by atoms with E-state index in [1.165, 1.54) is 83.1 Å². The molecule has 7 rings (SSSR count). The van der Waals surface area contributed by atoms with Gasteiger partial charge in [0, 0.05) is 52.0 Å². The van der Waals surface area contributed by atoms with Crippen LogP contribution in [0.5, 0.6) is 0 Å². The first kappa shape index (κ1) is 64.6. The molecule has 0 atom stereocenters. The Morgan fingerprint density at radius 2 is 0.460 bits per heavy atom. The molecule has 0 spiro atoms. The van der Waals surface area contributed by atoms with Gasteiger partial charge in [-0.05, 0) is 153 Å². The third-order valence-corrected chi connectivity index (χ3v) is 12.3. The van der Waals surface area contributed by atoms with Crippen molar-refractivity contribution >= 4 is 34.4 Å². The summed E-state index contributed by atoms with van der Waals surface area (Å²) in [7, 11) is 0. The van der Waals surface area contributed by atoms with Crippen LogP contribution in [-0.4, -0.2) is 81.6 Å². The van der Waals surface area contributed by atoms with E-state index in [9.17, 15) is 30.6 Å². The normalized spacial score (nSPS) is 12.6. The zero-order chi connectivity index (χ0) is 63.7. The van der Waals surface area contributed by atoms with Gasteiger partial charge in [-0.15, -0.1) is 0 Å². The highest BCUT2D eigenvalue weighted by Crippen LogP contribution is 2.35. The summed E-state index contributed by atoms with van der Waals surface area (Å²) in [5.41, 5.74) is -3.80. The van der Waals surface area contributed by atoms with E-state index >= 15 is 14.4 Å². The highest BCUT2D eigenvalue weighted by molar-refractivity contribution is 6.52. The van der Waals surface area contributed by atoms with E-state index in [4.69, 9.17) is 0 Å². The number of nitrogens with one attached hydrogen (secondary N) is 3. The van der Waals surface area contributed by atoms with Gasteiger partial charge in [0.05, 0.1) is 33.8 Å². The topological polar surface area (TPSA) is 209 Å². The Bertz CT molecular complexity index is 3570. The molecule has 0 aliphatic heterocycles. The number of hydrogen-bond acceptors (Lipinski definition) is 12. The molecular weight excluding hydrogens is 1090 g/mol. The molecule has 12 heteroatoms. The summed E-state index contributed by atoms with van der Waals surface area (Å²) in [6, 6.07) is 38.6. The number of carbonyl (C=O) groups excluding carboxylic acids is 3. The summed E-state index contributed by atoms with van der Waals surface area (Å²) in [5.74, 6) is 32.3. The summed E-state index contributed by atoms with van der Waals surface area (Å²) >= 11 is 0. The van der Waals surface area contributed by atoms with Crippen molar-refractivity contribution in [2.75, 3.05) is 16.0 Å². The SMILES string of the molecule is CC(C)(O)C#Cc1cc(-c2ccccc2)cc(C#CC(C)(C)O)c1NC=C1C(=O)C(=CNc2c(C#CC(C)(C)O)cc(-c3ccccc3)cc2C#CC(C)(C)O)C(=O)C(=CNc2c(C#CC(C)(C)O)cc(-c3ccccc3)cc2C#CC(C)(C)O)C1=O. The highest BCUT2D eigenvalue weighted by Gasteiger charge is 2.39. The van der Waals surface area contributed by atoms with Crippen LogP contribution in [0.1, 0.15) is 116 Å². The van der Waals surface area contributed by atoms with Crippen LogP contribution in [0.4, 0.5) is 17.1 Å². The molecule has 12 nitrogen and oxygen atoms in total. The molecule has 0 unspecified atom stereocenters. The largest absolute Gasteiger partial charge is 0.378 e. The van der Waals surface area contributed by atoms with Crippen molar-refractivity contribution in [1.29, 1.82) is 0 Å². The maximum Gasteiger partial charge on any atom is 0.203 e. The first-order chi connectivity index (χ1) is 40.6. The Hall–Kier alpha value is -9.93. The van der Waals surface area contributed by atoms with E-state index in [2.05, 4.69) is 87.0 Å². The first-order valence-corrected chi connectivity index (χ1v) is 27.9. The minimum atomic E-state index is -1.48. The lowest BCUT2D eigenvalue weighted by Crippen LogP contribution is -2.33. The Labute approximate surface area is 510 Å². The fourth-order valence-electron chi connectivity index (χ4n) is 8.27. The molecular formula is C75H69N3O9. The van der Waals surface area contributed by atoms with Gasteiger partial charge in [0.25, 0.3) is 0 Å². The van der Waals surface area contributed by atoms with Gasteiger partial charge in [-0.3, -0.25) is 14.4 Å². The molecule has 87 heavy (non-hydrogen) atoms. The predicted molar refractivity (Wildman–Crippen MR) is 345 cm³/mol. The molecule has 438 valence electrons. The number of benzene rings is 6. The van der Waals surface area contributed by atoms with E-state index in [1.807, 2.05) is 91.0 Å². The van der Waals surface area contributed by atoms with Crippen molar-refractivity contribution in [2.24, 2.45) is 0 Å². The van der Waals surface area contributed by atoms with Crippen LogP contribution in [0.2, 0.25) is 0 Å². The Morgan fingerprint density at radius 1 is 0.287 bits per heavy atom. The van der Waals surface area contributed by atoms with E-state index < -0.39 is 67.7 Å². The van der Waals surface area contributed by atoms with Gasteiger partial charge in [0.1, 0.15) is 33.6 Å². The monoisotopic (exact) mass is 1160 g/mol. The number of anilines is 3. The third-order valence-electron chi connectivity index (χ3n) is 12.3. The summed E-state index contributed by atoms with van der Waals surface area (Å²) in [6.07, 6.45) is 3.43. The standard InChI is InChI=1S/C75H69N3O9/c1-70(2,82)34-28-52-40-58(49-22-16-13-17-23-49)41-53(29-35-71(3,4)83)64(52)76-46-61-67(79)62(47-77-65-54(30-36-72(5,6)84)42-59(50-24-18-14-19-25-50)43-55(65)31-37-73(7,8)85)69(81)63(68(61)80)48-78-66-56(32-38-74(9,10)86)44-60(51-26-20-15-21-27-51)45-57(66)33-39-75(11,12)87/h13-27,40-48,76-78,82-87H,1-12H3. The number of hydrogen-bond donors (Lipinski definition) is 9. The Kier molecular flexibility index (Phi) is 19.4. The maximum absolute atomic E-state index is 15.3. The van der Waals surface area contributed by atoms with Gasteiger partial charge in [-0.2, -0.15) is 0 Å². The minimum Gasteiger partial charge on any atom is -0.378 e. The lowest BCUT2D eigenvalue weighted by atomic mass is 9.84. The molecule has 0 amide bonds. The van der Waals surface area contributed by atoms with Crippen LogP contribution < -0.4 is 16.0 Å². The van der Waals surface area contributed by atoms with Crippen LogP contribution in [0, 0.1) is 71.0 Å². The smallest absolute Gasteiger partial charge is 0.203 e. The zero-order valence-electron chi connectivity index (χ0n) is 50.8. The van der Waals surface area contributed by atoms with Crippen molar-refractivity contribution in [1.82, 2.24) is 0 Å². The molecule has 1 fully saturated rings. The van der Waals surface area contributed by atoms with Crippen LogP contribution in [-0.2, 0) is 14.4 Å². The average Bonchev–Trinajstić information content (AvgIpc) is 1.16. The van der Waals surface area contributed by atoms with E-state index in [0.29, 0.717) is 16.7 Å². The lowest BCUT2D eigenvalue weighted by molar-refractivity contribution is -0.124. The molecule has 0 aromatic heterocycles. The fourth-order valence-corrected chi connectivity index (χ4v) is 8.27. The van der Waals surface area contributed by atoms with Gasteiger partial charge in [0.15, 0.2) is 0 Å². The quantitative estimate of drug-likeness (QED) is 0.0377. The molecule has 0 bridgehead atoms. The van der Waals surface area contributed by atoms with E-state index in [-0.39, 0.29) is 50.4 Å². The van der Waals surface area contributed by atoms with Gasteiger partial charge in [0.2, 0.25) is 17.3 Å². The third kappa shape index (κ3) is 18.8. The predicted octanol–water partition coefficient (Wildman–Crippen LogP) is 10.4. The van der Waals surface area contributed by atoms with Crippen molar-refractivity contribution in [3.63, 3.8) is 0 Å². The van der Waals surface area contributed by atoms with Crippen LogP contribution in [0.25, 0.3) is 33.4 Å². The van der Waals surface area contributed by atoms with Crippen molar-refractivity contribution in [3.8, 4) is 104 Å². The molecule has 6 aromatic rings.